The predicted molar refractivity (Wildman–Crippen MR) is 71.7 cm³/mol. The van der Waals surface area contributed by atoms with Gasteiger partial charge in [0.25, 0.3) is 0 Å². The van der Waals surface area contributed by atoms with Gasteiger partial charge >= 0.3 is 0 Å². The average molecular weight is 262 g/mol. The van der Waals surface area contributed by atoms with Crippen LogP contribution in [-0.2, 0) is 0 Å². The number of aliphatic hydroxyl groups is 2. The normalized spacial score (nSPS) is 19.9. The summed E-state index contributed by atoms with van der Waals surface area (Å²) in [5.41, 5.74) is 0. The maximum Gasteiger partial charge on any atom is 0.104 e. The van der Waals surface area contributed by atoms with Crippen molar-refractivity contribution in [3.05, 3.63) is 32.9 Å². The van der Waals surface area contributed by atoms with Gasteiger partial charge in [0, 0.05) is 16.7 Å². The Kier molecular flexibility index (Phi) is 4.30. The van der Waals surface area contributed by atoms with Crippen molar-refractivity contribution in [3.63, 3.8) is 0 Å². The van der Waals surface area contributed by atoms with Gasteiger partial charge in [0.1, 0.15) is 6.61 Å². The second-order valence-electron chi connectivity index (χ2n) is 3.27. The van der Waals surface area contributed by atoms with Crippen LogP contribution in [-0.4, -0.2) is 28.7 Å². The molecule has 0 aliphatic carbocycles. The molecule has 1 aromatic heterocycles. The highest BCUT2D eigenvalue weighted by atomic mass is 32.2. The minimum Gasteiger partial charge on any atom is -0.387 e. The van der Waals surface area contributed by atoms with E-state index in [1.807, 2.05) is 12.1 Å². The van der Waals surface area contributed by atoms with Crippen LogP contribution in [0.1, 0.15) is 9.75 Å². The van der Waals surface area contributed by atoms with Crippen LogP contribution in [0.4, 0.5) is 0 Å². The minimum absolute atomic E-state index is 0.125. The van der Waals surface area contributed by atoms with Gasteiger partial charge in [-0.05, 0) is 12.1 Å². The molecular formula is C13H10O2S2. The molecule has 2 heterocycles. The second kappa shape index (κ2) is 5.95. The van der Waals surface area contributed by atoms with Gasteiger partial charge in [-0.1, -0.05) is 23.7 Å². The van der Waals surface area contributed by atoms with E-state index in [4.69, 9.17) is 5.11 Å². The fourth-order valence-electron chi connectivity index (χ4n) is 1.17. The first-order valence-corrected chi connectivity index (χ1v) is 6.82. The zero-order valence-corrected chi connectivity index (χ0v) is 10.6. The SMILES string of the molecule is OCC#Cc1ccc(C#CC=C2SCC2O)s1. The van der Waals surface area contributed by atoms with Gasteiger partial charge in [0.05, 0.1) is 15.9 Å². The molecule has 0 radical (unpaired) electrons. The fourth-order valence-corrected chi connectivity index (χ4v) is 2.56. The van der Waals surface area contributed by atoms with Crippen LogP contribution < -0.4 is 0 Å². The lowest BCUT2D eigenvalue weighted by Gasteiger charge is -2.22. The van der Waals surface area contributed by atoms with Crippen LogP contribution in [0.2, 0.25) is 0 Å². The van der Waals surface area contributed by atoms with Crippen LogP contribution in [0.25, 0.3) is 0 Å². The number of rotatable bonds is 0. The van der Waals surface area contributed by atoms with Gasteiger partial charge in [0.15, 0.2) is 0 Å². The highest BCUT2D eigenvalue weighted by Gasteiger charge is 2.21. The number of hydrogen-bond donors (Lipinski definition) is 2. The van der Waals surface area contributed by atoms with Crippen molar-refractivity contribution in [1.82, 2.24) is 0 Å². The molecule has 1 fully saturated rings. The predicted octanol–water partition coefficient (Wildman–Crippen LogP) is 1.43. The summed E-state index contributed by atoms with van der Waals surface area (Å²) in [6.45, 7) is -0.125. The first-order chi connectivity index (χ1) is 8.29. The Bertz CT molecular complexity index is 549. The molecule has 86 valence electrons. The van der Waals surface area contributed by atoms with Gasteiger partial charge in [-0.2, -0.15) is 0 Å². The lowest BCUT2D eigenvalue weighted by Crippen LogP contribution is -2.21. The molecule has 2 N–H and O–H groups in total. The topological polar surface area (TPSA) is 40.5 Å². The summed E-state index contributed by atoms with van der Waals surface area (Å²) >= 11 is 3.12. The Morgan fingerprint density at radius 3 is 2.71 bits per heavy atom. The molecular weight excluding hydrogens is 252 g/mol. The van der Waals surface area contributed by atoms with Crippen molar-refractivity contribution in [3.8, 4) is 23.7 Å². The molecule has 17 heavy (non-hydrogen) atoms. The van der Waals surface area contributed by atoms with Crippen LogP contribution in [0.15, 0.2) is 23.1 Å². The third-order valence-electron chi connectivity index (χ3n) is 2.04. The van der Waals surface area contributed by atoms with E-state index in [9.17, 15) is 5.11 Å². The van der Waals surface area contributed by atoms with E-state index >= 15 is 0 Å². The lowest BCUT2D eigenvalue weighted by molar-refractivity contribution is 0.236. The highest BCUT2D eigenvalue weighted by molar-refractivity contribution is 8.04. The van der Waals surface area contributed by atoms with Crippen LogP contribution in [0.5, 0.6) is 0 Å². The molecule has 1 unspecified atom stereocenters. The van der Waals surface area contributed by atoms with Gasteiger partial charge in [-0.15, -0.1) is 23.1 Å². The van der Waals surface area contributed by atoms with Gasteiger partial charge in [-0.25, -0.2) is 0 Å². The van der Waals surface area contributed by atoms with Crippen molar-refractivity contribution in [2.45, 2.75) is 6.10 Å². The summed E-state index contributed by atoms with van der Waals surface area (Å²) in [6.07, 6.45) is 1.45. The third-order valence-corrected chi connectivity index (χ3v) is 4.16. The number of thioether (sulfide) groups is 1. The number of hydrogen-bond acceptors (Lipinski definition) is 4. The van der Waals surface area contributed by atoms with Crippen molar-refractivity contribution in [2.24, 2.45) is 0 Å². The second-order valence-corrected chi connectivity index (χ2v) is 5.44. The monoisotopic (exact) mass is 262 g/mol. The van der Waals surface area contributed by atoms with E-state index in [0.717, 1.165) is 20.4 Å². The van der Waals surface area contributed by atoms with Crippen LogP contribution in [0, 0.1) is 23.7 Å². The molecule has 2 nitrogen and oxygen atoms in total. The summed E-state index contributed by atoms with van der Waals surface area (Å²) in [6, 6.07) is 3.79. The molecule has 1 atom stereocenters. The molecule has 1 aliphatic heterocycles. The van der Waals surface area contributed by atoms with E-state index in [2.05, 4.69) is 23.7 Å². The van der Waals surface area contributed by atoms with Crippen LogP contribution in [0.3, 0.4) is 0 Å². The maximum absolute atomic E-state index is 9.31. The molecule has 0 amide bonds. The van der Waals surface area contributed by atoms with Crippen molar-refractivity contribution < 1.29 is 10.2 Å². The van der Waals surface area contributed by atoms with E-state index in [0.29, 0.717) is 0 Å². The molecule has 4 heteroatoms. The fraction of sp³-hybridized carbons (Fsp3) is 0.231. The van der Waals surface area contributed by atoms with E-state index in [-0.39, 0.29) is 12.7 Å². The van der Waals surface area contributed by atoms with Gasteiger partial charge < -0.3 is 10.2 Å². The van der Waals surface area contributed by atoms with Crippen molar-refractivity contribution in [1.29, 1.82) is 0 Å². The van der Waals surface area contributed by atoms with E-state index in [1.54, 1.807) is 17.8 Å². The highest BCUT2D eigenvalue weighted by Crippen LogP contribution is 2.32. The quantitative estimate of drug-likeness (QED) is 0.695. The minimum atomic E-state index is -0.316. The molecule has 1 aromatic rings. The molecule has 0 bridgehead atoms. The Balaban J connectivity index is 2.02. The smallest absolute Gasteiger partial charge is 0.104 e. The largest absolute Gasteiger partial charge is 0.387 e. The Hall–Kier alpha value is -1.17. The molecule has 1 aliphatic rings. The van der Waals surface area contributed by atoms with Gasteiger partial charge in [-0.3, -0.25) is 0 Å². The first-order valence-electron chi connectivity index (χ1n) is 5.01. The molecule has 0 spiro atoms. The summed E-state index contributed by atoms with van der Waals surface area (Å²) in [4.78, 5) is 2.77. The van der Waals surface area contributed by atoms with Gasteiger partial charge in [0.2, 0.25) is 0 Å². The Morgan fingerprint density at radius 2 is 2.12 bits per heavy atom. The zero-order valence-electron chi connectivity index (χ0n) is 8.93. The molecule has 2 rings (SSSR count). The Morgan fingerprint density at radius 1 is 1.35 bits per heavy atom. The van der Waals surface area contributed by atoms with E-state index in [1.165, 1.54) is 11.3 Å². The summed E-state index contributed by atoms with van der Waals surface area (Å²) in [5.74, 6) is 12.1. The number of aliphatic hydroxyl groups excluding tert-OH is 2. The number of allylic oxidation sites excluding steroid dienone is 1. The summed E-state index contributed by atoms with van der Waals surface area (Å²) < 4.78 is 0. The molecule has 0 aromatic carbocycles. The molecule has 0 saturated carbocycles. The Labute approximate surface area is 108 Å². The average Bonchev–Trinajstić information content (AvgIpc) is 2.78. The van der Waals surface area contributed by atoms with Crippen molar-refractivity contribution in [2.75, 3.05) is 12.4 Å². The third kappa shape index (κ3) is 3.39. The molecule has 1 saturated heterocycles. The zero-order chi connectivity index (χ0) is 12.1. The van der Waals surface area contributed by atoms with Crippen molar-refractivity contribution >= 4 is 23.1 Å². The standard InChI is InChI=1S/C13H10O2S2/c14-8-2-4-11-7-6-10(17-11)3-1-5-13-12(15)9-16-13/h5-7,12,14-15H,8-9H2. The number of thiophene rings is 1. The lowest BCUT2D eigenvalue weighted by atomic mass is 10.3. The maximum atomic E-state index is 9.31. The van der Waals surface area contributed by atoms with Crippen LogP contribution >= 0.6 is 23.1 Å². The summed E-state index contributed by atoms with van der Waals surface area (Å²) in [5, 5.41) is 17.9. The van der Waals surface area contributed by atoms with E-state index < -0.39 is 0 Å². The first kappa shape index (κ1) is 12.3. The summed E-state index contributed by atoms with van der Waals surface area (Å²) in [7, 11) is 0.